The number of ether oxygens (including phenoxy) is 1. The summed E-state index contributed by atoms with van der Waals surface area (Å²) in [6.07, 6.45) is 2.98. The summed E-state index contributed by atoms with van der Waals surface area (Å²) < 4.78 is 4.42. The zero-order valence-corrected chi connectivity index (χ0v) is 7.30. The molecule has 3 heteroatoms. The second-order valence-corrected chi connectivity index (χ2v) is 1.93. The minimum absolute atomic E-state index is 0.450. The van der Waals surface area contributed by atoms with Gasteiger partial charge in [0.05, 0.1) is 6.61 Å². The van der Waals surface area contributed by atoms with Crippen LogP contribution in [-0.2, 0) is 4.74 Å². The Morgan fingerprint density at radius 2 is 2.18 bits per heavy atom. The van der Waals surface area contributed by atoms with Crippen LogP contribution in [0, 0.1) is 0 Å². The molecule has 0 aliphatic rings. The summed E-state index contributed by atoms with van der Waals surface area (Å²) in [5, 5.41) is 0. The van der Waals surface area contributed by atoms with Crippen molar-refractivity contribution in [2.45, 2.75) is 26.7 Å². The number of nitrogens with two attached hydrogens (primary N) is 1. The average molecular weight is 159 g/mol. The standard InChI is InChI=1S/C5H11NO2.C3H6/c1-2-3-4-8-5(6)7;1-3-2/h2-4H2,1H3,(H2,6,7);3H,1H2,2H3. The molecule has 0 atom stereocenters. The van der Waals surface area contributed by atoms with E-state index in [1.165, 1.54) is 0 Å². The third-order valence-electron chi connectivity index (χ3n) is 0.742. The van der Waals surface area contributed by atoms with Crippen LogP contribution in [-0.4, -0.2) is 12.7 Å². The smallest absolute Gasteiger partial charge is 0.404 e. The zero-order valence-electron chi connectivity index (χ0n) is 7.30. The first-order chi connectivity index (χ1) is 5.18. The second-order valence-electron chi connectivity index (χ2n) is 1.93. The van der Waals surface area contributed by atoms with Gasteiger partial charge in [-0.25, -0.2) is 4.79 Å². The summed E-state index contributed by atoms with van der Waals surface area (Å²) in [6.45, 7) is 7.72. The normalized spacial score (nSPS) is 7.45. The summed E-state index contributed by atoms with van der Waals surface area (Å²) in [5.41, 5.74) is 4.67. The number of unbranched alkanes of at least 4 members (excludes halogenated alkanes) is 1. The highest BCUT2D eigenvalue weighted by Crippen LogP contribution is 1.85. The fourth-order valence-electron chi connectivity index (χ4n) is 0.317. The Hall–Kier alpha value is -0.990. The lowest BCUT2D eigenvalue weighted by atomic mass is 10.4. The molecule has 0 saturated carbocycles. The van der Waals surface area contributed by atoms with Crippen molar-refractivity contribution in [2.75, 3.05) is 6.61 Å². The van der Waals surface area contributed by atoms with Crippen molar-refractivity contribution >= 4 is 6.09 Å². The van der Waals surface area contributed by atoms with Gasteiger partial charge in [0.2, 0.25) is 0 Å². The lowest BCUT2D eigenvalue weighted by Gasteiger charge is -1.95. The van der Waals surface area contributed by atoms with Gasteiger partial charge in [-0.3, -0.25) is 0 Å². The molecular weight excluding hydrogens is 142 g/mol. The van der Waals surface area contributed by atoms with Crippen LogP contribution in [0.3, 0.4) is 0 Å². The van der Waals surface area contributed by atoms with E-state index in [9.17, 15) is 4.79 Å². The number of rotatable bonds is 3. The molecule has 0 spiro atoms. The first-order valence-electron chi connectivity index (χ1n) is 3.68. The van der Waals surface area contributed by atoms with Gasteiger partial charge in [-0.15, -0.1) is 6.58 Å². The van der Waals surface area contributed by atoms with E-state index in [0.717, 1.165) is 12.8 Å². The fraction of sp³-hybridized carbons (Fsp3) is 0.625. The third kappa shape index (κ3) is 27.5. The Bertz CT molecular complexity index is 102. The molecule has 0 unspecified atom stereocenters. The molecule has 3 nitrogen and oxygen atoms in total. The molecule has 66 valence electrons. The Balaban J connectivity index is 0. The molecule has 0 saturated heterocycles. The van der Waals surface area contributed by atoms with Gasteiger partial charge in [0.25, 0.3) is 0 Å². The van der Waals surface area contributed by atoms with E-state index < -0.39 is 6.09 Å². The number of hydrogen-bond donors (Lipinski definition) is 1. The summed E-state index contributed by atoms with van der Waals surface area (Å²) in [5.74, 6) is 0. The molecule has 0 rings (SSSR count). The highest BCUT2D eigenvalue weighted by atomic mass is 16.5. The zero-order chi connectivity index (χ0) is 9.11. The number of carbonyl (C=O) groups excluding carboxylic acids is 1. The predicted octanol–water partition coefficient (Wildman–Crippen LogP) is 2.07. The van der Waals surface area contributed by atoms with Crippen molar-refractivity contribution in [1.29, 1.82) is 0 Å². The SMILES string of the molecule is C=CC.CCCCOC(N)=O. The van der Waals surface area contributed by atoms with Crippen LogP contribution < -0.4 is 5.73 Å². The van der Waals surface area contributed by atoms with Crippen molar-refractivity contribution in [3.05, 3.63) is 12.7 Å². The van der Waals surface area contributed by atoms with E-state index in [4.69, 9.17) is 0 Å². The molecule has 0 aromatic carbocycles. The van der Waals surface area contributed by atoms with Crippen LogP contribution in [0.1, 0.15) is 26.7 Å². The molecule has 0 aromatic heterocycles. The van der Waals surface area contributed by atoms with Crippen LogP contribution in [0.25, 0.3) is 0 Å². The molecule has 0 aromatic rings. The highest BCUT2D eigenvalue weighted by molar-refractivity contribution is 5.64. The minimum Gasteiger partial charge on any atom is -0.450 e. The Labute approximate surface area is 68.2 Å². The van der Waals surface area contributed by atoms with Gasteiger partial charge in [0, 0.05) is 0 Å². The first-order valence-corrected chi connectivity index (χ1v) is 3.68. The van der Waals surface area contributed by atoms with Crippen molar-refractivity contribution in [3.63, 3.8) is 0 Å². The molecule has 0 aliphatic carbocycles. The maximum atomic E-state index is 9.87. The van der Waals surface area contributed by atoms with Gasteiger partial charge in [-0.05, 0) is 13.3 Å². The van der Waals surface area contributed by atoms with Crippen LogP contribution in [0.15, 0.2) is 12.7 Å². The maximum absolute atomic E-state index is 9.87. The molecule has 1 amide bonds. The maximum Gasteiger partial charge on any atom is 0.404 e. The van der Waals surface area contributed by atoms with Gasteiger partial charge in [0.15, 0.2) is 0 Å². The summed E-state index contributed by atoms with van der Waals surface area (Å²) >= 11 is 0. The largest absolute Gasteiger partial charge is 0.450 e. The van der Waals surface area contributed by atoms with E-state index in [-0.39, 0.29) is 0 Å². The van der Waals surface area contributed by atoms with Gasteiger partial charge in [-0.2, -0.15) is 0 Å². The average Bonchev–Trinajstić information content (AvgIpc) is 1.89. The van der Waals surface area contributed by atoms with Gasteiger partial charge < -0.3 is 10.5 Å². The van der Waals surface area contributed by atoms with E-state index in [0.29, 0.717) is 6.61 Å². The topological polar surface area (TPSA) is 52.3 Å². The number of amides is 1. The van der Waals surface area contributed by atoms with Crippen LogP contribution in [0.2, 0.25) is 0 Å². The molecular formula is C8H17NO2. The van der Waals surface area contributed by atoms with Crippen molar-refractivity contribution < 1.29 is 9.53 Å². The number of allylic oxidation sites excluding steroid dienone is 1. The first kappa shape index (κ1) is 12.7. The Morgan fingerprint density at radius 1 is 1.73 bits per heavy atom. The molecule has 11 heavy (non-hydrogen) atoms. The predicted molar refractivity (Wildman–Crippen MR) is 46.3 cm³/mol. The monoisotopic (exact) mass is 159 g/mol. The van der Waals surface area contributed by atoms with Gasteiger partial charge in [0.1, 0.15) is 0 Å². The molecule has 0 fully saturated rings. The number of carbonyl (C=O) groups is 1. The van der Waals surface area contributed by atoms with Crippen molar-refractivity contribution in [3.8, 4) is 0 Å². The molecule has 0 radical (unpaired) electrons. The van der Waals surface area contributed by atoms with Gasteiger partial charge >= 0.3 is 6.09 Å². The summed E-state index contributed by atoms with van der Waals surface area (Å²) in [4.78, 5) is 9.87. The fourth-order valence-corrected chi connectivity index (χ4v) is 0.317. The number of primary amides is 1. The van der Waals surface area contributed by atoms with Gasteiger partial charge in [-0.1, -0.05) is 19.4 Å². The van der Waals surface area contributed by atoms with Crippen LogP contribution >= 0.6 is 0 Å². The van der Waals surface area contributed by atoms with Crippen LogP contribution in [0.4, 0.5) is 4.79 Å². The molecule has 0 aliphatic heterocycles. The van der Waals surface area contributed by atoms with E-state index >= 15 is 0 Å². The lowest BCUT2D eigenvalue weighted by molar-refractivity contribution is 0.155. The molecule has 0 bridgehead atoms. The lowest BCUT2D eigenvalue weighted by Crippen LogP contribution is -2.13. The Morgan fingerprint density at radius 3 is 2.45 bits per heavy atom. The third-order valence-corrected chi connectivity index (χ3v) is 0.742. The van der Waals surface area contributed by atoms with E-state index in [1.54, 1.807) is 6.08 Å². The van der Waals surface area contributed by atoms with E-state index in [1.807, 2.05) is 13.8 Å². The van der Waals surface area contributed by atoms with Crippen molar-refractivity contribution in [1.82, 2.24) is 0 Å². The number of hydrogen-bond acceptors (Lipinski definition) is 2. The summed E-state index contributed by atoms with van der Waals surface area (Å²) in [6, 6.07) is 0. The minimum atomic E-state index is -0.682. The quantitative estimate of drug-likeness (QED) is 0.506. The van der Waals surface area contributed by atoms with Crippen molar-refractivity contribution in [2.24, 2.45) is 5.73 Å². The van der Waals surface area contributed by atoms with Crippen LogP contribution in [0.5, 0.6) is 0 Å². The second kappa shape index (κ2) is 11.8. The Kier molecular flexibility index (Phi) is 13.5. The molecule has 0 heterocycles. The summed E-state index contributed by atoms with van der Waals surface area (Å²) in [7, 11) is 0. The van der Waals surface area contributed by atoms with E-state index in [2.05, 4.69) is 17.0 Å². The highest BCUT2D eigenvalue weighted by Gasteiger charge is 1.88. The molecule has 2 N–H and O–H groups in total.